The molecule has 7 heteroatoms. The van der Waals surface area contributed by atoms with E-state index in [1.165, 1.54) is 7.11 Å². The van der Waals surface area contributed by atoms with Gasteiger partial charge >= 0.3 is 11.9 Å². The summed E-state index contributed by atoms with van der Waals surface area (Å²) in [6, 6.07) is 0. The third-order valence-corrected chi connectivity index (χ3v) is 4.65. The maximum Gasteiger partial charge on any atom is 0.331 e. The van der Waals surface area contributed by atoms with Crippen LogP contribution in [0, 0.1) is 23.7 Å². The van der Waals surface area contributed by atoms with E-state index in [9.17, 15) is 14.4 Å². The van der Waals surface area contributed by atoms with E-state index in [-0.39, 0.29) is 34.2 Å². The van der Waals surface area contributed by atoms with Crippen molar-refractivity contribution in [2.45, 2.75) is 47.1 Å². The fourth-order valence-corrected chi connectivity index (χ4v) is 3.45. The third kappa shape index (κ3) is 5.19. The minimum Gasteiger partial charge on any atom is -0.528 e. The van der Waals surface area contributed by atoms with Gasteiger partial charge in [0.05, 0.1) is 13.0 Å². The Morgan fingerprint density at radius 1 is 0.917 bits per heavy atom. The molecule has 0 saturated heterocycles. The number of carbonyl (C=O) groups excluding carboxylic acids is 3. The summed E-state index contributed by atoms with van der Waals surface area (Å²) >= 11 is 0. The lowest BCUT2D eigenvalue weighted by atomic mass is 9.67. The minimum absolute atomic E-state index is 0.0753. The number of esters is 2. The lowest BCUT2D eigenvalue weighted by molar-refractivity contribution is -0.189. The average molecular weight is 359 g/mol. The minimum atomic E-state index is -1.03. The number of carbonyl (C=O) groups is 3. The zero-order valence-electron chi connectivity index (χ0n) is 15.9. The largest absolute Gasteiger partial charge is 0.528 e. The van der Waals surface area contributed by atoms with E-state index < -0.39 is 23.5 Å². The molecule has 0 aromatic rings. The smallest absolute Gasteiger partial charge is 0.331 e. The van der Waals surface area contributed by atoms with Gasteiger partial charge in [0.1, 0.15) is 5.60 Å². The van der Waals surface area contributed by atoms with Gasteiger partial charge in [-0.15, -0.1) is 0 Å². The van der Waals surface area contributed by atoms with Crippen molar-refractivity contribution >= 4 is 28.4 Å². The maximum atomic E-state index is 12.4. The Labute approximate surface area is 147 Å². The van der Waals surface area contributed by atoms with Crippen LogP contribution in [0.25, 0.3) is 0 Å². The van der Waals surface area contributed by atoms with E-state index in [0.717, 1.165) is 12.2 Å². The summed E-state index contributed by atoms with van der Waals surface area (Å²) in [6.07, 6.45) is 2.03. The van der Waals surface area contributed by atoms with E-state index in [1.807, 2.05) is 41.5 Å². The fourth-order valence-electron chi connectivity index (χ4n) is 3.20. The first kappa shape index (κ1) is 22.4. The molecule has 6 nitrogen and oxygen atoms in total. The van der Waals surface area contributed by atoms with Crippen LogP contribution in [0.1, 0.15) is 41.5 Å². The molecule has 0 aliphatic carbocycles. The Bertz CT molecular complexity index is 473. The van der Waals surface area contributed by atoms with Gasteiger partial charge in [-0.2, -0.15) is 0 Å². The lowest BCUT2D eigenvalue weighted by Gasteiger charge is -2.46. The molecular formula is C17H30O6Si. The first-order chi connectivity index (χ1) is 11.0. The van der Waals surface area contributed by atoms with Gasteiger partial charge in [-0.05, 0) is 17.8 Å². The Kier molecular flexibility index (Phi) is 8.96. The number of methoxy groups -OCH3 is 1. The van der Waals surface area contributed by atoms with Gasteiger partial charge in [-0.3, -0.25) is 4.79 Å². The first-order valence-corrected chi connectivity index (χ1v) is 8.92. The molecule has 0 rings (SSSR count). The molecule has 0 fully saturated rings. The summed E-state index contributed by atoms with van der Waals surface area (Å²) in [5, 5.41) is 0. The van der Waals surface area contributed by atoms with Crippen LogP contribution in [0.15, 0.2) is 12.2 Å². The summed E-state index contributed by atoms with van der Waals surface area (Å²) in [7, 11) is 1.50. The van der Waals surface area contributed by atoms with Crippen LogP contribution >= 0.6 is 0 Å². The standard InChI is InChI=1S/C17H30O6Si/c1-10(2)15(16(20)23-24)17(11(3)4,12(5)6)22-14(19)9-8-13(18)21-7/h8-12,15H,1-7,24H3/b9-8+. The summed E-state index contributed by atoms with van der Waals surface area (Å²) < 4.78 is 15.3. The monoisotopic (exact) mass is 358 g/mol. The number of hydrogen-bond acceptors (Lipinski definition) is 6. The van der Waals surface area contributed by atoms with Crippen LogP contribution in [0.4, 0.5) is 0 Å². The van der Waals surface area contributed by atoms with Gasteiger partial charge < -0.3 is 13.9 Å². The van der Waals surface area contributed by atoms with Crippen LogP contribution < -0.4 is 0 Å². The molecule has 0 heterocycles. The predicted octanol–water partition coefficient (Wildman–Crippen LogP) is 1.41. The quantitative estimate of drug-likeness (QED) is 0.371. The average Bonchev–Trinajstić information content (AvgIpc) is 2.50. The predicted molar refractivity (Wildman–Crippen MR) is 94.0 cm³/mol. The SMILES string of the molecule is COC(=O)/C=C/C(=O)OC(C(C)C)(C(C)C)C(C(=O)O[SiH3])C(C)C. The van der Waals surface area contributed by atoms with Crippen LogP contribution in [0.3, 0.4) is 0 Å². The molecule has 0 N–H and O–H groups in total. The van der Waals surface area contributed by atoms with Gasteiger partial charge in [0.15, 0.2) is 0 Å². The Balaban J connectivity index is 5.89. The topological polar surface area (TPSA) is 78.9 Å². The van der Waals surface area contributed by atoms with Crippen molar-refractivity contribution in [1.82, 2.24) is 0 Å². The second-order valence-electron chi connectivity index (χ2n) is 6.69. The molecule has 0 spiro atoms. The summed E-state index contributed by atoms with van der Waals surface area (Å²) in [6.45, 7) is 11.4. The second kappa shape index (κ2) is 9.61. The molecule has 0 aromatic carbocycles. The first-order valence-electron chi connectivity index (χ1n) is 8.11. The Morgan fingerprint density at radius 3 is 1.71 bits per heavy atom. The second-order valence-corrected chi connectivity index (χ2v) is 7.09. The van der Waals surface area contributed by atoms with Crippen LogP contribution in [-0.4, -0.2) is 41.1 Å². The van der Waals surface area contributed by atoms with Crippen LogP contribution in [-0.2, 0) is 28.3 Å². The fraction of sp³-hybridized carbons (Fsp3) is 0.706. The van der Waals surface area contributed by atoms with Crippen molar-refractivity contribution in [2.24, 2.45) is 23.7 Å². The molecule has 0 aromatic heterocycles. The highest BCUT2D eigenvalue weighted by Gasteiger charge is 2.52. The molecule has 0 radical (unpaired) electrons. The highest BCUT2D eigenvalue weighted by molar-refractivity contribution is 6.06. The molecule has 24 heavy (non-hydrogen) atoms. The maximum absolute atomic E-state index is 12.4. The van der Waals surface area contributed by atoms with Crippen molar-refractivity contribution in [1.29, 1.82) is 0 Å². The molecule has 1 atom stereocenters. The van der Waals surface area contributed by atoms with Crippen LogP contribution in [0.2, 0.25) is 0 Å². The third-order valence-electron chi connectivity index (χ3n) is 4.25. The van der Waals surface area contributed by atoms with E-state index in [0.29, 0.717) is 0 Å². The van der Waals surface area contributed by atoms with Crippen molar-refractivity contribution in [3.63, 3.8) is 0 Å². The normalized spacial score (nSPS) is 13.6. The number of hydrogen-bond donors (Lipinski definition) is 0. The van der Waals surface area contributed by atoms with E-state index >= 15 is 0 Å². The van der Waals surface area contributed by atoms with Crippen molar-refractivity contribution in [3.05, 3.63) is 12.2 Å². The Morgan fingerprint density at radius 2 is 1.38 bits per heavy atom. The summed E-state index contributed by atoms with van der Waals surface area (Å²) in [4.78, 5) is 35.9. The van der Waals surface area contributed by atoms with E-state index in [1.54, 1.807) is 0 Å². The molecule has 0 aliphatic heterocycles. The van der Waals surface area contributed by atoms with E-state index in [2.05, 4.69) is 4.74 Å². The van der Waals surface area contributed by atoms with Crippen molar-refractivity contribution in [2.75, 3.05) is 7.11 Å². The molecule has 0 amide bonds. The molecule has 0 aliphatic rings. The molecule has 1 unspecified atom stereocenters. The molecular weight excluding hydrogens is 328 g/mol. The van der Waals surface area contributed by atoms with Crippen molar-refractivity contribution in [3.8, 4) is 0 Å². The van der Waals surface area contributed by atoms with E-state index in [4.69, 9.17) is 9.16 Å². The zero-order valence-corrected chi connectivity index (χ0v) is 17.9. The number of ether oxygens (including phenoxy) is 2. The van der Waals surface area contributed by atoms with Gasteiger partial charge in [0.25, 0.3) is 5.97 Å². The van der Waals surface area contributed by atoms with Crippen molar-refractivity contribution < 1.29 is 28.3 Å². The van der Waals surface area contributed by atoms with Gasteiger partial charge in [-0.25, -0.2) is 9.59 Å². The molecule has 138 valence electrons. The van der Waals surface area contributed by atoms with Crippen LogP contribution in [0.5, 0.6) is 0 Å². The highest BCUT2D eigenvalue weighted by Crippen LogP contribution is 2.42. The summed E-state index contributed by atoms with van der Waals surface area (Å²) in [5.74, 6) is -2.61. The van der Waals surface area contributed by atoms with Gasteiger partial charge in [0.2, 0.25) is 10.5 Å². The molecule has 0 bridgehead atoms. The lowest BCUT2D eigenvalue weighted by Crippen LogP contribution is -2.56. The van der Waals surface area contributed by atoms with Gasteiger partial charge in [0, 0.05) is 12.2 Å². The zero-order chi connectivity index (χ0) is 19.1. The summed E-state index contributed by atoms with van der Waals surface area (Å²) in [5.41, 5.74) is -1.03. The Hall–Kier alpha value is -1.63. The highest BCUT2D eigenvalue weighted by atomic mass is 28.2. The number of rotatable bonds is 8. The molecule has 0 saturated carbocycles. The van der Waals surface area contributed by atoms with Gasteiger partial charge in [-0.1, -0.05) is 41.5 Å².